The molecule has 0 bridgehead atoms. The molecule has 2 aromatic carbocycles. The van der Waals surface area contributed by atoms with Crippen LogP contribution in [0, 0.1) is 0 Å². The smallest absolute Gasteiger partial charge is 0.0522 e. The van der Waals surface area contributed by atoms with E-state index in [-0.39, 0.29) is 0 Å². The Morgan fingerprint density at radius 3 is 1.09 bits per heavy atom. The van der Waals surface area contributed by atoms with Crippen molar-refractivity contribution >= 4 is 78.3 Å². The minimum atomic E-state index is -0.663. The summed E-state index contributed by atoms with van der Waals surface area (Å²) < 4.78 is 1.51. The highest BCUT2D eigenvalue weighted by molar-refractivity contribution is 9.10. The van der Waals surface area contributed by atoms with Crippen LogP contribution in [0.2, 0.25) is 20.1 Å². The first-order valence-corrected chi connectivity index (χ1v) is 9.12. The van der Waals surface area contributed by atoms with Gasteiger partial charge >= 0.3 is 0 Å². The van der Waals surface area contributed by atoms with Crippen molar-refractivity contribution in [1.82, 2.24) is 0 Å². The van der Waals surface area contributed by atoms with Crippen LogP contribution in [0.5, 0.6) is 0 Å². The van der Waals surface area contributed by atoms with Crippen molar-refractivity contribution in [3.05, 3.63) is 64.4 Å². The standard InChI is InChI=1S/C14H10Br2Cl4N2/c15-5-1-7(17)11(8(18)2-5)13(21)14(22)12-9(19)3-6(16)4-10(12)20/h1-4,13-14H,21-22H2. The zero-order valence-corrected chi connectivity index (χ0v) is 17.1. The van der Waals surface area contributed by atoms with E-state index < -0.39 is 12.1 Å². The van der Waals surface area contributed by atoms with Crippen molar-refractivity contribution in [2.24, 2.45) is 11.5 Å². The van der Waals surface area contributed by atoms with Crippen molar-refractivity contribution in [2.45, 2.75) is 12.1 Å². The van der Waals surface area contributed by atoms with Crippen LogP contribution in [0.15, 0.2) is 33.2 Å². The number of halogens is 6. The predicted octanol–water partition coefficient (Wildman–Crippen LogP) is 6.53. The highest BCUT2D eigenvalue weighted by atomic mass is 79.9. The molecular formula is C14H10Br2Cl4N2. The molecule has 0 aliphatic heterocycles. The van der Waals surface area contributed by atoms with Gasteiger partial charge in [0.2, 0.25) is 0 Å². The van der Waals surface area contributed by atoms with Gasteiger partial charge in [0.1, 0.15) is 0 Å². The Labute approximate surface area is 165 Å². The van der Waals surface area contributed by atoms with Gasteiger partial charge in [0, 0.05) is 40.2 Å². The lowest BCUT2D eigenvalue weighted by Crippen LogP contribution is -2.27. The Kier molecular flexibility index (Phi) is 6.48. The Balaban J connectivity index is 2.49. The lowest BCUT2D eigenvalue weighted by molar-refractivity contribution is 0.575. The first kappa shape index (κ1) is 18.8. The average molecular weight is 508 g/mol. The van der Waals surface area contributed by atoms with Crippen LogP contribution >= 0.6 is 78.3 Å². The molecular weight excluding hydrogens is 498 g/mol. The molecule has 2 atom stereocenters. The highest BCUT2D eigenvalue weighted by Gasteiger charge is 2.26. The van der Waals surface area contributed by atoms with E-state index in [0.717, 1.165) is 8.95 Å². The second-order valence-electron chi connectivity index (χ2n) is 4.62. The third-order valence-electron chi connectivity index (χ3n) is 3.14. The minimum Gasteiger partial charge on any atom is -0.322 e. The number of benzene rings is 2. The molecule has 4 N–H and O–H groups in total. The van der Waals surface area contributed by atoms with E-state index in [0.29, 0.717) is 31.2 Å². The fraction of sp³-hybridized carbons (Fsp3) is 0.143. The monoisotopic (exact) mass is 504 g/mol. The number of nitrogens with two attached hydrogens (primary N) is 2. The molecule has 0 radical (unpaired) electrons. The Morgan fingerprint density at radius 2 is 0.864 bits per heavy atom. The molecule has 2 rings (SSSR count). The molecule has 22 heavy (non-hydrogen) atoms. The number of rotatable bonds is 3. The minimum absolute atomic E-state index is 0.423. The maximum absolute atomic E-state index is 6.26. The first-order valence-electron chi connectivity index (χ1n) is 6.02. The topological polar surface area (TPSA) is 52.0 Å². The summed E-state index contributed by atoms with van der Waals surface area (Å²) in [7, 11) is 0. The molecule has 118 valence electrons. The van der Waals surface area contributed by atoms with Crippen LogP contribution in [0.1, 0.15) is 23.2 Å². The third kappa shape index (κ3) is 3.93. The van der Waals surface area contributed by atoms with E-state index in [4.69, 9.17) is 57.9 Å². The molecule has 0 aliphatic carbocycles. The van der Waals surface area contributed by atoms with Crippen molar-refractivity contribution in [2.75, 3.05) is 0 Å². The molecule has 2 nitrogen and oxygen atoms in total. The molecule has 0 heterocycles. The van der Waals surface area contributed by atoms with Crippen molar-refractivity contribution in [3.63, 3.8) is 0 Å². The van der Waals surface area contributed by atoms with Crippen LogP contribution in [-0.2, 0) is 0 Å². The van der Waals surface area contributed by atoms with Gasteiger partial charge < -0.3 is 11.5 Å². The summed E-state index contributed by atoms with van der Waals surface area (Å²) in [4.78, 5) is 0. The zero-order valence-electron chi connectivity index (χ0n) is 10.9. The molecule has 0 saturated heterocycles. The average Bonchev–Trinajstić information content (AvgIpc) is 2.35. The van der Waals surface area contributed by atoms with E-state index in [9.17, 15) is 0 Å². The van der Waals surface area contributed by atoms with Gasteiger partial charge in [-0.25, -0.2) is 0 Å². The predicted molar refractivity (Wildman–Crippen MR) is 102 cm³/mol. The van der Waals surface area contributed by atoms with E-state index in [2.05, 4.69) is 31.9 Å². The second kappa shape index (κ2) is 7.58. The normalized spacial score (nSPS) is 14.0. The van der Waals surface area contributed by atoms with Gasteiger partial charge in [-0.2, -0.15) is 0 Å². The SMILES string of the molecule is NC(c1c(Cl)cc(Br)cc1Cl)C(N)c1c(Cl)cc(Br)cc1Cl. The second-order valence-corrected chi connectivity index (χ2v) is 8.08. The summed E-state index contributed by atoms with van der Waals surface area (Å²) >= 11 is 31.6. The molecule has 0 saturated carbocycles. The van der Waals surface area contributed by atoms with Crippen molar-refractivity contribution in [1.29, 1.82) is 0 Å². The summed E-state index contributed by atoms with van der Waals surface area (Å²) in [5, 5.41) is 1.69. The van der Waals surface area contributed by atoms with Crippen LogP contribution in [-0.4, -0.2) is 0 Å². The van der Waals surface area contributed by atoms with Crippen molar-refractivity contribution < 1.29 is 0 Å². The van der Waals surface area contributed by atoms with Gasteiger partial charge in [0.25, 0.3) is 0 Å². The fourth-order valence-electron chi connectivity index (χ4n) is 2.10. The molecule has 0 aromatic heterocycles. The number of hydrogen-bond donors (Lipinski definition) is 2. The highest BCUT2D eigenvalue weighted by Crippen LogP contribution is 2.41. The van der Waals surface area contributed by atoms with Crippen LogP contribution in [0.4, 0.5) is 0 Å². The summed E-state index contributed by atoms with van der Waals surface area (Å²) in [6.07, 6.45) is 0. The van der Waals surface area contributed by atoms with E-state index in [1.165, 1.54) is 0 Å². The molecule has 8 heteroatoms. The Morgan fingerprint density at radius 1 is 0.636 bits per heavy atom. The molecule has 2 unspecified atom stereocenters. The maximum Gasteiger partial charge on any atom is 0.0522 e. The first-order chi connectivity index (χ1) is 10.2. The van der Waals surface area contributed by atoms with E-state index in [1.54, 1.807) is 24.3 Å². The Bertz CT molecular complexity index is 616. The molecule has 2 aromatic rings. The molecule has 0 aliphatic rings. The summed E-state index contributed by atoms with van der Waals surface area (Å²) in [5.74, 6) is 0. The van der Waals surface area contributed by atoms with Gasteiger partial charge in [-0.05, 0) is 24.3 Å². The van der Waals surface area contributed by atoms with E-state index in [1.807, 2.05) is 0 Å². The number of hydrogen-bond acceptors (Lipinski definition) is 2. The van der Waals surface area contributed by atoms with E-state index >= 15 is 0 Å². The summed E-state index contributed by atoms with van der Waals surface area (Å²) in [6.45, 7) is 0. The van der Waals surface area contributed by atoms with Gasteiger partial charge in [0.15, 0.2) is 0 Å². The maximum atomic E-state index is 6.26. The summed E-state index contributed by atoms with van der Waals surface area (Å²) in [5.41, 5.74) is 13.6. The summed E-state index contributed by atoms with van der Waals surface area (Å²) in [6, 6.07) is 5.51. The largest absolute Gasteiger partial charge is 0.322 e. The fourth-order valence-corrected chi connectivity index (χ4v) is 5.02. The molecule has 0 amide bonds. The molecule has 0 spiro atoms. The Hall–Kier alpha value is 0.480. The van der Waals surface area contributed by atoms with Crippen LogP contribution < -0.4 is 11.5 Å². The lowest BCUT2D eigenvalue weighted by Gasteiger charge is -2.24. The van der Waals surface area contributed by atoms with Gasteiger partial charge in [0.05, 0.1) is 12.1 Å². The lowest BCUT2D eigenvalue weighted by atomic mass is 9.94. The van der Waals surface area contributed by atoms with Gasteiger partial charge in [-0.3, -0.25) is 0 Å². The zero-order chi connectivity index (χ0) is 16.6. The van der Waals surface area contributed by atoms with Gasteiger partial charge in [-0.1, -0.05) is 78.3 Å². The van der Waals surface area contributed by atoms with Crippen LogP contribution in [0.3, 0.4) is 0 Å². The third-order valence-corrected chi connectivity index (χ3v) is 5.31. The van der Waals surface area contributed by atoms with Crippen molar-refractivity contribution in [3.8, 4) is 0 Å². The van der Waals surface area contributed by atoms with Gasteiger partial charge in [-0.15, -0.1) is 0 Å². The quantitative estimate of drug-likeness (QED) is 0.496. The van der Waals surface area contributed by atoms with Crippen LogP contribution in [0.25, 0.3) is 0 Å². The molecule has 0 fully saturated rings.